The third-order valence-corrected chi connectivity index (χ3v) is 4.83. The fourth-order valence-corrected chi connectivity index (χ4v) is 3.42. The third-order valence-electron chi connectivity index (χ3n) is 4.34. The average molecular weight is 413 g/mol. The zero-order valence-electron chi connectivity index (χ0n) is 14.4. The summed E-state index contributed by atoms with van der Waals surface area (Å²) >= 11 is 3.33. The number of aliphatic hydroxyl groups is 1. The van der Waals surface area contributed by atoms with Gasteiger partial charge in [0.2, 0.25) is 5.91 Å². The van der Waals surface area contributed by atoms with Gasteiger partial charge in [0.25, 0.3) is 0 Å². The highest BCUT2D eigenvalue weighted by Gasteiger charge is 2.14. The maximum Gasteiger partial charge on any atom is 0.234 e. The molecule has 1 aliphatic carbocycles. The molecule has 0 radical (unpaired) electrons. The van der Waals surface area contributed by atoms with Crippen molar-refractivity contribution in [1.82, 2.24) is 10.2 Å². The number of nitrogens with one attached hydrogen (secondary N) is 1. The van der Waals surface area contributed by atoms with Gasteiger partial charge >= 0.3 is 0 Å². The van der Waals surface area contributed by atoms with E-state index in [9.17, 15) is 14.3 Å². The molecule has 138 valence electrons. The van der Waals surface area contributed by atoms with Gasteiger partial charge in [0.05, 0.1) is 13.2 Å². The molecule has 0 unspecified atom stereocenters. The lowest BCUT2D eigenvalue weighted by molar-refractivity contribution is -0.122. The van der Waals surface area contributed by atoms with E-state index >= 15 is 0 Å². The zero-order valence-corrected chi connectivity index (χ0v) is 16.0. The van der Waals surface area contributed by atoms with Crippen molar-refractivity contribution >= 4 is 21.8 Å². The number of amides is 1. The first-order chi connectivity index (χ1) is 12.1. The van der Waals surface area contributed by atoms with Gasteiger partial charge in [-0.1, -0.05) is 27.6 Å². The van der Waals surface area contributed by atoms with E-state index in [1.165, 1.54) is 24.5 Å². The minimum absolute atomic E-state index is 0.0736. The predicted molar refractivity (Wildman–Crippen MR) is 101 cm³/mol. The van der Waals surface area contributed by atoms with Crippen LogP contribution < -0.4 is 5.32 Å². The van der Waals surface area contributed by atoms with Gasteiger partial charge in [-0.15, -0.1) is 0 Å². The van der Waals surface area contributed by atoms with E-state index in [0.717, 1.165) is 23.7 Å². The summed E-state index contributed by atoms with van der Waals surface area (Å²) in [6, 6.07) is 4.74. The van der Waals surface area contributed by atoms with E-state index in [1.54, 1.807) is 17.0 Å². The molecule has 0 spiro atoms. The van der Waals surface area contributed by atoms with Crippen LogP contribution in [0.5, 0.6) is 0 Å². The van der Waals surface area contributed by atoms with Crippen molar-refractivity contribution in [2.75, 3.05) is 26.2 Å². The second-order valence-electron chi connectivity index (χ2n) is 6.38. The Labute approximate surface area is 157 Å². The minimum atomic E-state index is -0.309. The van der Waals surface area contributed by atoms with E-state index in [1.807, 2.05) is 0 Å². The summed E-state index contributed by atoms with van der Waals surface area (Å²) in [4.78, 5) is 13.9. The zero-order chi connectivity index (χ0) is 18.1. The quantitative estimate of drug-likeness (QED) is 0.611. The van der Waals surface area contributed by atoms with Crippen molar-refractivity contribution in [2.45, 2.75) is 38.6 Å². The molecule has 0 fully saturated rings. The molecule has 4 nitrogen and oxygen atoms in total. The van der Waals surface area contributed by atoms with Crippen LogP contribution in [0.3, 0.4) is 0 Å². The van der Waals surface area contributed by atoms with Crippen molar-refractivity contribution in [1.29, 1.82) is 0 Å². The molecule has 0 heterocycles. The van der Waals surface area contributed by atoms with Gasteiger partial charge in [0.15, 0.2) is 0 Å². The Morgan fingerprint density at radius 2 is 2.20 bits per heavy atom. The van der Waals surface area contributed by atoms with E-state index < -0.39 is 0 Å². The van der Waals surface area contributed by atoms with Crippen LogP contribution in [-0.2, 0) is 11.3 Å². The molecule has 2 rings (SSSR count). The van der Waals surface area contributed by atoms with Crippen LogP contribution in [0.25, 0.3) is 0 Å². The van der Waals surface area contributed by atoms with E-state index in [2.05, 4.69) is 27.3 Å². The first-order valence-electron chi connectivity index (χ1n) is 8.80. The molecule has 2 N–H and O–H groups in total. The molecule has 25 heavy (non-hydrogen) atoms. The van der Waals surface area contributed by atoms with Crippen molar-refractivity contribution in [3.63, 3.8) is 0 Å². The number of carbonyl (C=O) groups excluding carboxylic acids is 1. The van der Waals surface area contributed by atoms with Gasteiger partial charge in [-0.3, -0.25) is 9.69 Å². The fraction of sp³-hybridized carbons (Fsp3) is 0.526. The maximum atomic E-state index is 13.9. The number of aliphatic hydroxyl groups excluding tert-OH is 1. The highest BCUT2D eigenvalue weighted by molar-refractivity contribution is 9.10. The Morgan fingerprint density at radius 3 is 2.92 bits per heavy atom. The van der Waals surface area contributed by atoms with Crippen LogP contribution >= 0.6 is 15.9 Å². The number of carbonyl (C=O) groups is 1. The van der Waals surface area contributed by atoms with Gasteiger partial charge < -0.3 is 10.4 Å². The summed E-state index contributed by atoms with van der Waals surface area (Å²) in [5, 5.41) is 12.1. The average Bonchev–Trinajstić information content (AvgIpc) is 2.59. The number of halogens is 2. The summed E-state index contributed by atoms with van der Waals surface area (Å²) < 4.78 is 14.7. The van der Waals surface area contributed by atoms with Crippen LogP contribution in [0, 0.1) is 5.82 Å². The molecule has 0 saturated heterocycles. The molecule has 0 saturated carbocycles. The van der Waals surface area contributed by atoms with Crippen molar-refractivity contribution in [3.05, 3.63) is 45.7 Å². The van der Waals surface area contributed by atoms with Crippen molar-refractivity contribution in [3.8, 4) is 0 Å². The largest absolute Gasteiger partial charge is 0.395 e. The second kappa shape index (κ2) is 10.7. The number of rotatable bonds is 9. The van der Waals surface area contributed by atoms with Crippen LogP contribution in [0.15, 0.2) is 34.3 Å². The van der Waals surface area contributed by atoms with Crippen LogP contribution in [-0.4, -0.2) is 42.2 Å². The fourth-order valence-electron chi connectivity index (χ4n) is 3.01. The lowest BCUT2D eigenvalue weighted by Crippen LogP contribution is -2.38. The van der Waals surface area contributed by atoms with E-state index in [-0.39, 0.29) is 31.4 Å². The summed E-state index contributed by atoms with van der Waals surface area (Å²) in [6.07, 6.45) is 7.95. The van der Waals surface area contributed by atoms with Gasteiger partial charge in [0.1, 0.15) is 5.82 Å². The second-order valence-corrected chi connectivity index (χ2v) is 7.29. The molecule has 0 bridgehead atoms. The number of hydrogen-bond donors (Lipinski definition) is 2. The molecule has 1 amide bonds. The summed E-state index contributed by atoms with van der Waals surface area (Å²) in [7, 11) is 0. The van der Waals surface area contributed by atoms with E-state index in [4.69, 9.17) is 0 Å². The van der Waals surface area contributed by atoms with Gasteiger partial charge in [-0.05, 0) is 50.3 Å². The Bertz CT molecular complexity index is 607. The first-order valence-corrected chi connectivity index (χ1v) is 9.59. The summed E-state index contributed by atoms with van der Waals surface area (Å²) in [6.45, 7) is 1.30. The third kappa shape index (κ3) is 7.26. The van der Waals surface area contributed by atoms with Gasteiger partial charge in [-0.25, -0.2) is 4.39 Å². The Balaban J connectivity index is 1.82. The molecule has 6 heteroatoms. The molecule has 0 aliphatic heterocycles. The van der Waals surface area contributed by atoms with E-state index in [0.29, 0.717) is 18.7 Å². The lowest BCUT2D eigenvalue weighted by atomic mass is 9.97. The topological polar surface area (TPSA) is 52.6 Å². The Hall–Kier alpha value is -1.24. The number of benzene rings is 1. The van der Waals surface area contributed by atoms with Gasteiger partial charge in [0, 0.05) is 29.7 Å². The minimum Gasteiger partial charge on any atom is -0.395 e. The van der Waals surface area contributed by atoms with Crippen LogP contribution in [0.4, 0.5) is 4.39 Å². The molecule has 1 aliphatic rings. The van der Waals surface area contributed by atoms with Crippen LogP contribution in [0.1, 0.15) is 37.7 Å². The smallest absolute Gasteiger partial charge is 0.234 e. The van der Waals surface area contributed by atoms with Crippen molar-refractivity contribution < 1.29 is 14.3 Å². The number of nitrogens with zero attached hydrogens (tertiary/aromatic N) is 1. The molecule has 0 aromatic heterocycles. The monoisotopic (exact) mass is 412 g/mol. The Kier molecular flexibility index (Phi) is 8.58. The normalized spacial score (nSPS) is 14.5. The first kappa shape index (κ1) is 20.1. The molecular formula is C19H26BrFN2O2. The maximum absolute atomic E-state index is 13.9. The number of hydrogen-bond acceptors (Lipinski definition) is 3. The predicted octanol–water partition coefficient (Wildman–Crippen LogP) is 3.39. The summed E-state index contributed by atoms with van der Waals surface area (Å²) in [5.41, 5.74) is 1.93. The molecule has 1 aromatic carbocycles. The lowest BCUT2D eigenvalue weighted by Gasteiger charge is -2.21. The molecular weight excluding hydrogens is 387 g/mol. The highest BCUT2D eigenvalue weighted by Crippen LogP contribution is 2.19. The van der Waals surface area contributed by atoms with Gasteiger partial charge in [-0.2, -0.15) is 0 Å². The SMILES string of the molecule is O=C(CN(CCO)Cc1cc(Br)ccc1F)NCCC1=CCCCC1. The number of allylic oxidation sites excluding steroid dienone is 1. The van der Waals surface area contributed by atoms with Crippen LogP contribution in [0.2, 0.25) is 0 Å². The molecule has 0 atom stereocenters. The standard InChI is InChI=1S/C19H26BrFN2O2/c20-17-6-7-18(21)16(12-17)13-23(10-11-24)14-19(25)22-9-8-15-4-2-1-3-5-15/h4,6-7,12,24H,1-3,5,8-11,13-14H2,(H,22,25). The highest BCUT2D eigenvalue weighted by atomic mass is 79.9. The molecule has 1 aromatic rings. The Morgan fingerprint density at radius 1 is 1.36 bits per heavy atom. The summed E-state index contributed by atoms with van der Waals surface area (Å²) in [5.74, 6) is -0.406. The van der Waals surface area contributed by atoms with Crippen molar-refractivity contribution in [2.24, 2.45) is 0 Å².